The number of nitrogens with zero attached hydrogens (tertiary/aromatic N) is 2. The van der Waals surface area contributed by atoms with Crippen LogP contribution in [0, 0.1) is 0 Å². The smallest absolute Gasteiger partial charge is 0.270 e. The van der Waals surface area contributed by atoms with E-state index in [9.17, 15) is 13.2 Å². The Labute approximate surface area is 160 Å². The summed E-state index contributed by atoms with van der Waals surface area (Å²) in [6.07, 6.45) is 2.89. The molecule has 0 spiro atoms. The van der Waals surface area contributed by atoms with Crippen LogP contribution in [0.5, 0.6) is 0 Å². The highest BCUT2D eigenvalue weighted by Gasteiger charge is 2.41. The molecule has 4 rings (SSSR count). The van der Waals surface area contributed by atoms with Crippen LogP contribution < -0.4 is 4.31 Å². The van der Waals surface area contributed by atoms with E-state index in [0.29, 0.717) is 24.4 Å². The summed E-state index contributed by atoms with van der Waals surface area (Å²) in [4.78, 5) is 14.9. The molecule has 140 valence electrons. The molecule has 0 aliphatic carbocycles. The standard InChI is InChI=1S/C21H22N2O3S/c1-22-18-13-7-6-12-17(18)19(16-10-4-2-5-11-16)20(27(22,25)26)21(24)23-14-8-3-9-15-23/h2,4-7,10-13H,3,8-9,14-15H2,1H3. The summed E-state index contributed by atoms with van der Waals surface area (Å²) >= 11 is 0. The normalized spacial score (nSPS) is 19.0. The number of fused-ring (bicyclic) bond motifs is 1. The average Bonchev–Trinajstić information content (AvgIpc) is 2.71. The summed E-state index contributed by atoms with van der Waals surface area (Å²) < 4.78 is 28.0. The van der Waals surface area contributed by atoms with Crippen LogP contribution in [0.4, 0.5) is 5.69 Å². The van der Waals surface area contributed by atoms with Gasteiger partial charge in [-0.3, -0.25) is 9.10 Å². The van der Waals surface area contributed by atoms with Crippen molar-refractivity contribution in [1.29, 1.82) is 0 Å². The molecule has 0 aromatic heterocycles. The third kappa shape index (κ3) is 2.94. The van der Waals surface area contributed by atoms with Crippen LogP contribution in [0.2, 0.25) is 0 Å². The van der Waals surface area contributed by atoms with Crippen molar-refractivity contribution < 1.29 is 13.2 Å². The molecule has 0 radical (unpaired) electrons. The van der Waals surface area contributed by atoms with Gasteiger partial charge in [0.2, 0.25) is 0 Å². The Morgan fingerprint density at radius 1 is 0.889 bits per heavy atom. The molecule has 2 heterocycles. The van der Waals surface area contributed by atoms with Gasteiger partial charge in [-0.25, -0.2) is 8.42 Å². The zero-order valence-corrected chi connectivity index (χ0v) is 16.1. The van der Waals surface area contributed by atoms with E-state index >= 15 is 0 Å². The zero-order chi connectivity index (χ0) is 19.0. The first-order valence-corrected chi connectivity index (χ1v) is 10.6. The van der Waals surface area contributed by atoms with Crippen molar-refractivity contribution in [3.63, 3.8) is 0 Å². The molecule has 27 heavy (non-hydrogen) atoms. The number of sulfonamides is 1. The maximum absolute atomic E-state index is 13.4. The van der Waals surface area contributed by atoms with Gasteiger partial charge in [0, 0.05) is 31.3 Å². The number of piperidine rings is 1. The molecule has 2 aromatic carbocycles. The molecule has 0 bridgehead atoms. The van der Waals surface area contributed by atoms with Gasteiger partial charge >= 0.3 is 0 Å². The van der Waals surface area contributed by atoms with Crippen LogP contribution in [0.3, 0.4) is 0 Å². The van der Waals surface area contributed by atoms with Crippen LogP contribution in [0.25, 0.3) is 5.57 Å². The van der Waals surface area contributed by atoms with Gasteiger partial charge in [-0.05, 0) is 30.9 Å². The van der Waals surface area contributed by atoms with E-state index in [4.69, 9.17) is 0 Å². The van der Waals surface area contributed by atoms with Crippen molar-refractivity contribution >= 4 is 27.2 Å². The molecule has 1 fully saturated rings. The Hall–Kier alpha value is -2.60. The lowest BCUT2D eigenvalue weighted by Gasteiger charge is -2.34. The van der Waals surface area contributed by atoms with Crippen LogP contribution in [0.15, 0.2) is 59.5 Å². The predicted octanol–water partition coefficient (Wildman–Crippen LogP) is 3.24. The Balaban J connectivity index is 2.01. The minimum Gasteiger partial charge on any atom is -0.338 e. The Morgan fingerprint density at radius 3 is 2.22 bits per heavy atom. The maximum Gasteiger partial charge on any atom is 0.270 e. The van der Waals surface area contributed by atoms with Crippen molar-refractivity contribution in [2.45, 2.75) is 19.3 Å². The number of hydrogen-bond acceptors (Lipinski definition) is 3. The number of amides is 1. The van der Waals surface area contributed by atoms with E-state index in [1.54, 1.807) is 11.0 Å². The predicted molar refractivity (Wildman–Crippen MR) is 107 cm³/mol. The molecule has 5 nitrogen and oxygen atoms in total. The topological polar surface area (TPSA) is 57.7 Å². The highest BCUT2D eigenvalue weighted by atomic mass is 32.2. The quantitative estimate of drug-likeness (QED) is 0.801. The van der Waals surface area contributed by atoms with Crippen molar-refractivity contribution in [3.05, 3.63) is 70.6 Å². The fourth-order valence-electron chi connectivity index (χ4n) is 3.83. The summed E-state index contributed by atoms with van der Waals surface area (Å²) in [5.41, 5.74) is 2.59. The largest absolute Gasteiger partial charge is 0.338 e. The van der Waals surface area contributed by atoms with Gasteiger partial charge in [0.1, 0.15) is 0 Å². The lowest BCUT2D eigenvalue weighted by atomic mass is 9.95. The molecule has 2 aromatic rings. The first-order valence-electron chi connectivity index (χ1n) is 9.19. The number of anilines is 1. The van der Waals surface area contributed by atoms with E-state index in [-0.39, 0.29) is 4.91 Å². The molecular weight excluding hydrogens is 360 g/mol. The minimum atomic E-state index is -3.94. The van der Waals surface area contributed by atoms with Gasteiger partial charge in [0.25, 0.3) is 15.9 Å². The van der Waals surface area contributed by atoms with Gasteiger partial charge in [0.05, 0.1) is 5.69 Å². The fraction of sp³-hybridized carbons (Fsp3) is 0.286. The monoisotopic (exact) mass is 382 g/mol. The van der Waals surface area contributed by atoms with Crippen LogP contribution in [-0.4, -0.2) is 39.4 Å². The Kier molecular flexibility index (Phi) is 4.52. The van der Waals surface area contributed by atoms with Gasteiger partial charge in [0.15, 0.2) is 4.91 Å². The Bertz CT molecular complexity index is 1010. The number of likely N-dealkylation sites (tertiary alicyclic amines) is 1. The second kappa shape index (κ2) is 6.85. The summed E-state index contributed by atoms with van der Waals surface area (Å²) in [6, 6.07) is 16.7. The zero-order valence-electron chi connectivity index (χ0n) is 15.3. The van der Waals surface area contributed by atoms with Crippen molar-refractivity contribution in [3.8, 4) is 0 Å². The molecule has 0 N–H and O–H groups in total. The van der Waals surface area contributed by atoms with Crippen molar-refractivity contribution in [2.24, 2.45) is 0 Å². The van der Waals surface area contributed by atoms with Gasteiger partial charge < -0.3 is 4.90 Å². The first kappa shape index (κ1) is 17.8. The van der Waals surface area contributed by atoms with E-state index in [2.05, 4.69) is 0 Å². The molecule has 2 aliphatic rings. The number of rotatable bonds is 2. The van der Waals surface area contributed by atoms with Gasteiger partial charge in [-0.1, -0.05) is 48.5 Å². The molecular formula is C21H22N2O3S. The van der Waals surface area contributed by atoms with Crippen LogP contribution >= 0.6 is 0 Å². The van der Waals surface area contributed by atoms with E-state index in [1.165, 1.54) is 11.4 Å². The lowest BCUT2D eigenvalue weighted by molar-refractivity contribution is -0.127. The Morgan fingerprint density at radius 2 is 1.52 bits per heavy atom. The highest BCUT2D eigenvalue weighted by molar-refractivity contribution is 7.97. The molecule has 1 saturated heterocycles. The number of benzene rings is 2. The summed E-state index contributed by atoms with van der Waals surface area (Å²) in [5, 5.41) is 0. The van der Waals surface area contributed by atoms with Gasteiger partial charge in [-0.15, -0.1) is 0 Å². The summed E-state index contributed by atoms with van der Waals surface area (Å²) in [7, 11) is -2.43. The second-order valence-electron chi connectivity index (χ2n) is 6.91. The third-order valence-corrected chi connectivity index (χ3v) is 7.07. The van der Waals surface area contributed by atoms with Crippen molar-refractivity contribution in [1.82, 2.24) is 4.90 Å². The molecule has 0 atom stereocenters. The molecule has 0 unspecified atom stereocenters. The molecule has 0 saturated carbocycles. The van der Waals surface area contributed by atoms with Gasteiger partial charge in [-0.2, -0.15) is 0 Å². The van der Waals surface area contributed by atoms with E-state index < -0.39 is 15.9 Å². The average molecular weight is 382 g/mol. The number of hydrogen-bond donors (Lipinski definition) is 0. The minimum absolute atomic E-state index is 0.114. The van der Waals surface area contributed by atoms with Crippen LogP contribution in [-0.2, 0) is 14.8 Å². The third-order valence-electron chi connectivity index (χ3n) is 5.26. The fourth-order valence-corrected chi connectivity index (χ4v) is 5.35. The number of para-hydroxylation sites is 1. The molecule has 2 aliphatic heterocycles. The number of carbonyl (C=O) groups is 1. The maximum atomic E-state index is 13.4. The van der Waals surface area contributed by atoms with E-state index in [0.717, 1.165) is 30.4 Å². The second-order valence-corrected chi connectivity index (χ2v) is 8.82. The molecule has 1 amide bonds. The highest BCUT2D eigenvalue weighted by Crippen LogP contribution is 2.42. The van der Waals surface area contributed by atoms with E-state index in [1.807, 2.05) is 48.5 Å². The number of carbonyl (C=O) groups excluding carboxylic acids is 1. The lowest BCUT2D eigenvalue weighted by Crippen LogP contribution is -2.43. The SMILES string of the molecule is CN1c2ccccc2C(c2ccccc2)=C(C(=O)N2CCCCC2)S1(=O)=O. The molecule has 6 heteroatoms. The summed E-state index contributed by atoms with van der Waals surface area (Å²) in [5.74, 6) is -0.394. The van der Waals surface area contributed by atoms with Crippen LogP contribution in [0.1, 0.15) is 30.4 Å². The summed E-state index contributed by atoms with van der Waals surface area (Å²) in [6.45, 7) is 1.20. The van der Waals surface area contributed by atoms with Crippen molar-refractivity contribution in [2.75, 3.05) is 24.4 Å². The first-order chi connectivity index (χ1) is 13.0.